The van der Waals surface area contributed by atoms with Gasteiger partial charge in [-0.25, -0.2) is 0 Å². The molecule has 2 aromatic rings. The molecule has 1 atom stereocenters. The van der Waals surface area contributed by atoms with E-state index in [1.165, 1.54) is 18.1 Å². The third-order valence-electron chi connectivity index (χ3n) is 3.41. The minimum Gasteiger partial charge on any atom is -0.328 e. The standard InChI is InChI=1S/C12H8ClN5O2S/c13-6-1-2-8-7(3-6)12(10(20)16-8)17-11-14-5-15-18(11)9(19)4-21-12/h1-3,5H,4H2,(H,16,20)(H,14,15,17). The van der Waals surface area contributed by atoms with E-state index in [0.717, 1.165) is 4.68 Å². The van der Waals surface area contributed by atoms with Crippen molar-refractivity contribution in [2.75, 3.05) is 16.4 Å². The van der Waals surface area contributed by atoms with Crippen molar-refractivity contribution in [1.82, 2.24) is 14.8 Å². The predicted molar refractivity (Wildman–Crippen MR) is 78.5 cm³/mol. The van der Waals surface area contributed by atoms with Crippen LogP contribution in [-0.2, 0) is 9.67 Å². The molecule has 7 nitrogen and oxygen atoms in total. The maximum absolute atomic E-state index is 12.5. The monoisotopic (exact) mass is 321 g/mol. The number of rotatable bonds is 0. The van der Waals surface area contributed by atoms with E-state index in [0.29, 0.717) is 16.3 Å². The number of nitrogens with one attached hydrogen (secondary N) is 2. The third-order valence-corrected chi connectivity index (χ3v) is 4.98. The summed E-state index contributed by atoms with van der Waals surface area (Å²) in [6, 6.07) is 5.16. The van der Waals surface area contributed by atoms with Crippen molar-refractivity contribution >= 4 is 46.8 Å². The molecule has 0 aliphatic carbocycles. The second kappa shape index (κ2) is 4.22. The molecule has 0 saturated carbocycles. The predicted octanol–water partition coefficient (Wildman–Crippen LogP) is 1.54. The van der Waals surface area contributed by atoms with E-state index in [4.69, 9.17) is 11.6 Å². The van der Waals surface area contributed by atoms with Gasteiger partial charge in [-0.2, -0.15) is 14.8 Å². The lowest BCUT2D eigenvalue weighted by Crippen LogP contribution is -2.39. The first-order chi connectivity index (χ1) is 10.1. The summed E-state index contributed by atoms with van der Waals surface area (Å²) < 4.78 is 1.16. The summed E-state index contributed by atoms with van der Waals surface area (Å²) in [5, 5.41) is 10.2. The molecule has 106 valence electrons. The van der Waals surface area contributed by atoms with Crippen LogP contribution in [0.3, 0.4) is 0 Å². The number of anilines is 2. The molecule has 1 aromatic heterocycles. The highest BCUT2D eigenvalue weighted by Crippen LogP contribution is 2.47. The summed E-state index contributed by atoms with van der Waals surface area (Å²) in [5.74, 6) is -0.148. The van der Waals surface area contributed by atoms with Gasteiger partial charge in [0, 0.05) is 16.3 Å². The van der Waals surface area contributed by atoms with Crippen LogP contribution in [0.5, 0.6) is 0 Å². The molecule has 0 bridgehead atoms. The summed E-state index contributed by atoms with van der Waals surface area (Å²) in [7, 11) is 0. The van der Waals surface area contributed by atoms with Crippen LogP contribution in [0.4, 0.5) is 11.6 Å². The van der Waals surface area contributed by atoms with Crippen molar-refractivity contribution in [1.29, 1.82) is 0 Å². The minimum absolute atomic E-state index is 0.0999. The summed E-state index contributed by atoms with van der Waals surface area (Å²) in [6.07, 6.45) is 1.27. The van der Waals surface area contributed by atoms with Crippen LogP contribution in [0.1, 0.15) is 10.4 Å². The van der Waals surface area contributed by atoms with Crippen molar-refractivity contribution in [2.24, 2.45) is 0 Å². The molecule has 1 unspecified atom stereocenters. The number of nitrogens with zero attached hydrogens (tertiary/aromatic N) is 3. The van der Waals surface area contributed by atoms with Gasteiger partial charge in [-0.3, -0.25) is 9.59 Å². The summed E-state index contributed by atoms with van der Waals surface area (Å²) >= 11 is 7.24. The van der Waals surface area contributed by atoms with Crippen molar-refractivity contribution in [3.63, 3.8) is 0 Å². The second-order valence-corrected chi connectivity index (χ2v) is 6.25. The first-order valence-corrected chi connectivity index (χ1v) is 7.43. The van der Waals surface area contributed by atoms with Crippen LogP contribution in [0.15, 0.2) is 24.5 Å². The van der Waals surface area contributed by atoms with Crippen LogP contribution in [0.2, 0.25) is 5.02 Å². The van der Waals surface area contributed by atoms with Gasteiger partial charge >= 0.3 is 0 Å². The SMILES string of the molecule is O=C1CSC2(Nc3ncnn31)C(=O)Nc1ccc(Cl)cc12. The van der Waals surface area contributed by atoms with E-state index in [-0.39, 0.29) is 23.5 Å². The Morgan fingerprint density at radius 2 is 2.24 bits per heavy atom. The maximum atomic E-state index is 12.5. The van der Waals surface area contributed by atoms with Gasteiger partial charge in [-0.1, -0.05) is 11.6 Å². The molecule has 0 fully saturated rings. The van der Waals surface area contributed by atoms with Crippen LogP contribution in [-0.4, -0.2) is 32.3 Å². The first kappa shape index (κ1) is 12.7. The van der Waals surface area contributed by atoms with Crippen LogP contribution in [0, 0.1) is 0 Å². The molecule has 2 aliphatic rings. The fourth-order valence-corrected chi connectivity index (χ4v) is 3.76. The molecule has 3 heterocycles. The third kappa shape index (κ3) is 1.69. The van der Waals surface area contributed by atoms with Crippen molar-refractivity contribution in [3.8, 4) is 0 Å². The number of halogens is 1. The van der Waals surface area contributed by atoms with E-state index in [1.54, 1.807) is 18.2 Å². The molecule has 4 rings (SSSR count). The average Bonchev–Trinajstić information content (AvgIpc) is 2.98. The zero-order chi connectivity index (χ0) is 14.6. The van der Waals surface area contributed by atoms with Gasteiger partial charge in [-0.15, -0.1) is 11.8 Å². The molecule has 21 heavy (non-hydrogen) atoms. The molecular formula is C12H8ClN5O2S. The summed E-state index contributed by atoms with van der Waals surface area (Å²) in [4.78, 5) is 27.4. The molecule has 0 saturated heterocycles. The molecule has 9 heteroatoms. The van der Waals surface area contributed by atoms with Gasteiger partial charge in [-0.05, 0) is 18.2 Å². The average molecular weight is 322 g/mol. The molecule has 0 radical (unpaired) electrons. The lowest BCUT2D eigenvalue weighted by molar-refractivity contribution is -0.117. The maximum Gasteiger partial charge on any atom is 0.265 e. The van der Waals surface area contributed by atoms with E-state index in [2.05, 4.69) is 20.7 Å². The minimum atomic E-state index is -1.13. The highest BCUT2D eigenvalue weighted by atomic mass is 35.5. The molecule has 2 aliphatic heterocycles. The Morgan fingerprint density at radius 1 is 1.38 bits per heavy atom. The molecule has 2 N–H and O–H groups in total. The fourth-order valence-electron chi connectivity index (χ4n) is 2.45. The zero-order valence-electron chi connectivity index (χ0n) is 10.5. The van der Waals surface area contributed by atoms with Crippen molar-refractivity contribution in [3.05, 3.63) is 35.1 Å². The second-order valence-electron chi connectivity index (χ2n) is 4.63. The Morgan fingerprint density at radius 3 is 3.10 bits per heavy atom. The Labute approximate surface area is 128 Å². The Kier molecular flexibility index (Phi) is 2.54. The molecular weight excluding hydrogens is 314 g/mol. The highest BCUT2D eigenvalue weighted by Gasteiger charge is 2.50. The number of carbonyl (C=O) groups excluding carboxylic acids is 2. The van der Waals surface area contributed by atoms with Crippen molar-refractivity contribution < 1.29 is 9.59 Å². The van der Waals surface area contributed by atoms with E-state index >= 15 is 0 Å². The summed E-state index contributed by atoms with van der Waals surface area (Å²) in [6.45, 7) is 0. The number of benzene rings is 1. The number of hydrogen-bond donors (Lipinski definition) is 2. The van der Waals surface area contributed by atoms with E-state index < -0.39 is 4.87 Å². The lowest BCUT2D eigenvalue weighted by Gasteiger charge is -2.25. The zero-order valence-corrected chi connectivity index (χ0v) is 12.0. The molecule has 1 spiro atoms. The first-order valence-electron chi connectivity index (χ1n) is 6.07. The number of amides is 1. The van der Waals surface area contributed by atoms with Gasteiger partial charge in [0.1, 0.15) is 6.33 Å². The lowest BCUT2D eigenvalue weighted by atomic mass is 10.1. The van der Waals surface area contributed by atoms with Gasteiger partial charge < -0.3 is 10.6 Å². The number of hydrogen-bond acceptors (Lipinski definition) is 6. The Bertz CT molecular complexity index is 792. The number of aromatic nitrogens is 3. The van der Waals surface area contributed by atoms with Crippen LogP contribution >= 0.6 is 23.4 Å². The smallest absolute Gasteiger partial charge is 0.265 e. The van der Waals surface area contributed by atoms with Crippen molar-refractivity contribution in [2.45, 2.75) is 4.87 Å². The van der Waals surface area contributed by atoms with Gasteiger partial charge in [0.2, 0.25) is 5.95 Å². The normalized spacial score (nSPS) is 23.3. The van der Waals surface area contributed by atoms with E-state index in [1.807, 2.05) is 0 Å². The number of carbonyl (C=O) groups is 2. The highest BCUT2D eigenvalue weighted by molar-refractivity contribution is 8.01. The van der Waals surface area contributed by atoms with Crippen LogP contribution < -0.4 is 10.6 Å². The largest absolute Gasteiger partial charge is 0.328 e. The quantitative estimate of drug-likeness (QED) is 0.765. The Hall–Kier alpha value is -2.06. The van der Waals surface area contributed by atoms with Gasteiger partial charge in [0.25, 0.3) is 11.8 Å². The number of fused-ring (bicyclic) bond motifs is 3. The molecule has 1 amide bonds. The number of thioether (sulfide) groups is 1. The van der Waals surface area contributed by atoms with E-state index in [9.17, 15) is 9.59 Å². The molecule has 1 aromatic carbocycles. The fraction of sp³-hybridized carbons (Fsp3) is 0.167. The van der Waals surface area contributed by atoms with Gasteiger partial charge in [0.15, 0.2) is 4.87 Å². The Balaban J connectivity index is 1.91. The van der Waals surface area contributed by atoms with Gasteiger partial charge in [0.05, 0.1) is 5.75 Å². The topological polar surface area (TPSA) is 88.9 Å². The summed E-state index contributed by atoms with van der Waals surface area (Å²) in [5.41, 5.74) is 1.36. The van der Waals surface area contributed by atoms with Crippen LogP contribution in [0.25, 0.3) is 0 Å².